The van der Waals surface area contributed by atoms with Crippen LogP contribution in [0.2, 0.25) is 0 Å². The number of phenols is 1. The summed E-state index contributed by atoms with van der Waals surface area (Å²) >= 11 is 0. The molecule has 2 aromatic carbocycles. The van der Waals surface area contributed by atoms with Gasteiger partial charge in [0.2, 0.25) is 6.29 Å². The van der Waals surface area contributed by atoms with Gasteiger partial charge >= 0.3 is 5.97 Å². The number of H-pyrrole nitrogens is 1. The molecule has 11 nitrogen and oxygen atoms in total. The lowest BCUT2D eigenvalue weighted by molar-refractivity contribution is -0.268. The largest absolute Gasteiger partial charge is 0.507 e. The smallest absolute Gasteiger partial charge is 0.308 e. The van der Waals surface area contributed by atoms with Gasteiger partial charge in [-0.3, -0.25) is 14.4 Å². The highest BCUT2D eigenvalue weighted by molar-refractivity contribution is 6.30. The molecule has 6 rings (SSSR count). The fourth-order valence-electron chi connectivity index (χ4n) is 6.64. The molecule has 11 heteroatoms. The molecule has 0 bridgehead atoms. The van der Waals surface area contributed by atoms with Crippen molar-refractivity contribution in [1.29, 1.82) is 0 Å². The van der Waals surface area contributed by atoms with E-state index in [0.29, 0.717) is 24.0 Å². The number of aromatic nitrogens is 1. The molecule has 3 aromatic rings. The Morgan fingerprint density at radius 3 is 2.39 bits per heavy atom. The molecule has 2 fully saturated rings. The number of benzene rings is 2. The first kappa shape index (κ1) is 30.0. The molecule has 1 aromatic heterocycles. The number of aliphatic hydroxyl groups is 3. The quantitative estimate of drug-likeness (QED) is 0.162. The molecule has 2 heterocycles. The maximum absolute atomic E-state index is 14.3. The van der Waals surface area contributed by atoms with Crippen molar-refractivity contribution in [2.75, 3.05) is 0 Å². The minimum absolute atomic E-state index is 0.00783. The van der Waals surface area contributed by atoms with E-state index in [9.17, 15) is 34.8 Å². The second-order valence-electron chi connectivity index (χ2n) is 11.8. The van der Waals surface area contributed by atoms with E-state index in [-0.39, 0.29) is 51.8 Å². The average Bonchev–Trinajstić information content (AvgIpc) is 3.52. The number of carbonyl (C=O) groups excluding carboxylic acids is 3. The van der Waals surface area contributed by atoms with Crippen LogP contribution in [0.25, 0.3) is 0 Å². The van der Waals surface area contributed by atoms with Crippen molar-refractivity contribution < 1.29 is 49.0 Å². The third kappa shape index (κ3) is 5.19. The summed E-state index contributed by atoms with van der Waals surface area (Å²) in [4.78, 5) is 43.0. The van der Waals surface area contributed by atoms with Crippen LogP contribution < -0.4 is 9.47 Å². The Labute approximate surface area is 253 Å². The Balaban J connectivity index is 1.59. The van der Waals surface area contributed by atoms with Gasteiger partial charge in [0.05, 0.1) is 11.7 Å². The van der Waals surface area contributed by atoms with Crippen LogP contribution >= 0.6 is 0 Å². The molecule has 3 aliphatic rings. The van der Waals surface area contributed by atoms with E-state index in [1.807, 2.05) is 0 Å². The van der Waals surface area contributed by atoms with Crippen molar-refractivity contribution in [2.24, 2.45) is 0 Å². The minimum atomic E-state index is -1.65. The number of hydrogen-bond donors (Lipinski definition) is 5. The SMILES string of the molecule is CC(=O)Oc1ccc2c(c1)C(=O)c1c(Cc3cc[nH]c3)c(OC3OC(C)C(O)C(O)C3O)c(C3CCCCC3)c(O)c1C2=O. The molecule has 5 atom stereocenters. The van der Waals surface area contributed by atoms with Crippen molar-refractivity contribution in [3.8, 4) is 17.2 Å². The number of esters is 1. The normalized spacial score (nSPS) is 25.3. The lowest BCUT2D eigenvalue weighted by Gasteiger charge is -2.40. The summed E-state index contributed by atoms with van der Waals surface area (Å²) < 4.78 is 17.3. The van der Waals surface area contributed by atoms with E-state index in [0.717, 1.165) is 24.8 Å². The number of aliphatic hydroxyl groups excluding tert-OH is 3. The average molecular weight is 606 g/mol. The van der Waals surface area contributed by atoms with Crippen molar-refractivity contribution >= 4 is 17.5 Å². The maximum Gasteiger partial charge on any atom is 0.308 e. The van der Waals surface area contributed by atoms with Gasteiger partial charge in [0.25, 0.3) is 0 Å². The first-order valence-electron chi connectivity index (χ1n) is 14.9. The number of rotatable bonds is 6. The number of phenolic OH excluding ortho intramolecular Hbond substituents is 1. The maximum atomic E-state index is 14.3. The standard InChI is InChI=1S/C33H35NO10/c1-15-26(36)30(40)31(41)33(42-15)44-32-22(12-17-10-11-34-14-17)24-25(29(39)23(32)18-6-4-3-5-7-18)27(37)20-9-8-19(43-16(2)35)13-21(20)28(24)38/h8-11,13-15,18,26,30-31,33-34,36,39-41H,3-7,12H2,1-2H3. The van der Waals surface area contributed by atoms with Crippen LogP contribution in [0, 0.1) is 0 Å². The van der Waals surface area contributed by atoms with Crippen LogP contribution in [0.5, 0.6) is 17.2 Å². The van der Waals surface area contributed by atoms with Gasteiger partial charge in [0, 0.05) is 53.6 Å². The Morgan fingerprint density at radius 1 is 0.977 bits per heavy atom. The predicted octanol–water partition coefficient (Wildman–Crippen LogP) is 3.27. The topological polar surface area (TPSA) is 176 Å². The monoisotopic (exact) mass is 605 g/mol. The highest BCUT2D eigenvalue weighted by Crippen LogP contribution is 2.51. The van der Waals surface area contributed by atoms with Gasteiger partial charge in [-0.2, -0.15) is 0 Å². The van der Waals surface area contributed by atoms with E-state index in [4.69, 9.17) is 14.2 Å². The molecule has 0 spiro atoms. The highest BCUT2D eigenvalue weighted by atomic mass is 16.7. The van der Waals surface area contributed by atoms with Crippen LogP contribution in [0.4, 0.5) is 0 Å². The summed E-state index contributed by atoms with van der Waals surface area (Å²) in [6.07, 6.45) is 0.797. The van der Waals surface area contributed by atoms with Gasteiger partial charge < -0.3 is 39.6 Å². The van der Waals surface area contributed by atoms with Crippen LogP contribution in [-0.4, -0.2) is 73.7 Å². The Hall–Kier alpha value is -4.03. The van der Waals surface area contributed by atoms with Crippen LogP contribution in [0.15, 0.2) is 36.7 Å². The number of ether oxygens (including phenoxy) is 3. The summed E-state index contributed by atoms with van der Waals surface area (Å²) in [5, 5.41) is 43.6. The Kier molecular flexibility index (Phi) is 8.06. The predicted molar refractivity (Wildman–Crippen MR) is 155 cm³/mol. The van der Waals surface area contributed by atoms with Gasteiger partial charge in [-0.1, -0.05) is 19.3 Å². The van der Waals surface area contributed by atoms with E-state index >= 15 is 0 Å². The third-order valence-electron chi connectivity index (χ3n) is 8.86. The fraction of sp³-hybridized carbons (Fsp3) is 0.424. The molecule has 1 aliphatic heterocycles. The van der Waals surface area contributed by atoms with Crippen molar-refractivity contribution in [3.63, 3.8) is 0 Å². The van der Waals surface area contributed by atoms with E-state index in [2.05, 4.69) is 4.98 Å². The second kappa shape index (κ2) is 11.8. The summed E-state index contributed by atoms with van der Waals surface area (Å²) in [7, 11) is 0. The zero-order valence-corrected chi connectivity index (χ0v) is 24.4. The summed E-state index contributed by atoms with van der Waals surface area (Å²) in [6.45, 7) is 2.76. The molecule has 2 aliphatic carbocycles. The Morgan fingerprint density at radius 2 is 1.70 bits per heavy atom. The van der Waals surface area contributed by atoms with E-state index in [1.54, 1.807) is 18.5 Å². The molecule has 0 amide bonds. The first-order chi connectivity index (χ1) is 21.1. The number of aromatic hydroxyl groups is 1. The molecule has 1 saturated heterocycles. The number of aromatic amines is 1. The Bertz CT molecular complexity index is 1610. The number of nitrogens with one attached hydrogen (secondary N) is 1. The van der Waals surface area contributed by atoms with Gasteiger partial charge in [0.15, 0.2) is 11.6 Å². The summed E-state index contributed by atoms with van der Waals surface area (Å²) in [5.41, 5.74) is 1.30. The van der Waals surface area contributed by atoms with E-state index < -0.39 is 48.2 Å². The van der Waals surface area contributed by atoms with Crippen LogP contribution in [0.1, 0.15) is 100 Å². The fourth-order valence-corrected chi connectivity index (χ4v) is 6.64. The van der Waals surface area contributed by atoms with Gasteiger partial charge in [0.1, 0.15) is 35.6 Å². The molecular weight excluding hydrogens is 570 g/mol. The summed E-state index contributed by atoms with van der Waals surface area (Å²) in [6, 6.07) is 5.98. The number of hydrogen-bond acceptors (Lipinski definition) is 10. The lowest BCUT2D eigenvalue weighted by atomic mass is 9.75. The zero-order valence-electron chi connectivity index (χ0n) is 24.4. The second-order valence-corrected chi connectivity index (χ2v) is 11.8. The van der Waals surface area contributed by atoms with Crippen LogP contribution in [-0.2, 0) is 16.0 Å². The summed E-state index contributed by atoms with van der Waals surface area (Å²) in [5.74, 6) is -2.13. The zero-order chi connectivity index (χ0) is 31.3. The number of carbonyl (C=O) groups is 3. The third-order valence-corrected chi connectivity index (χ3v) is 8.86. The van der Waals surface area contributed by atoms with E-state index in [1.165, 1.54) is 32.0 Å². The molecule has 44 heavy (non-hydrogen) atoms. The van der Waals surface area contributed by atoms with Crippen molar-refractivity contribution in [3.05, 3.63) is 75.6 Å². The number of fused-ring (bicyclic) bond motifs is 2. The molecule has 0 radical (unpaired) electrons. The molecule has 5 N–H and O–H groups in total. The number of ketones is 2. The van der Waals surface area contributed by atoms with Gasteiger partial charge in [-0.05, 0) is 55.5 Å². The lowest BCUT2D eigenvalue weighted by Crippen LogP contribution is -2.58. The first-order valence-corrected chi connectivity index (χ1v) is 14.9. The molecule has 1 saturated carbocycles. The van der Waals surface area contributed by atoms with Gasteiger partial charge in [-0.25, -0.2) is 0 Å². The molecular formula is C33H35NO10. The molecule has 232 valence electrons. The van der Waals surface area contributed by atoms with Gasteiger partial charge in [-0.15, -0.1) is 0 Å². The highest BCUT2D eigenvalue weighted by Gasteiger charge is 2.45. The minimum Gasteiger partial charge on any atom is -0.507 e. The molecule has 5 unspecified atom stereocenters. The van der Waals surface area contributed by atoms with Crippen molar-refractivity contribution in [2.45, 2.75) is 89.0 Å². The van der Waals surface area contributed by atoms with Crippen molar-refractivity contribution in [1.82, 2.24) is 4.98 Å². The van der Waals surface area contributed by atoms with Crippen LogP contribution in [0.3, 0.4) is 0 Å².